The highest BCUT2D eigenvalue weighted by Gasteiger charge is 2.61. The molecule has 4 N–H and O–H groups in total. The van der Waals surface area contributed by atoms with E-state index in [0.29, 0.717) is 39.3 Å². The number of pyridine rings is 1. The summed E-state index contributed by atoms with van der Waals surface area (Å²) in [5, 5.41) is 16.7. The van der Waals surface area contributed by atoms with Crippen LogP contribution in [0.4, 0.5) is 4.79 Å². The topological polar surface area (TPSA) is 168 Å². The SMILES string of the molecule is CC.CC(C)(C)S(C)(C)C.CCCCCC/C=C\C1C[C@]1(NC(=O)C1C[C@@H](Oc2cc(OC(C)C)nc3c(C)c(O)ccc23)CN1C(=O)CNC(=O)OC(C)(C)C)C(=O)NSC1(C)CC1. The molecular formula is C50H83N5O8S2. The molecule has 1 saturated heterocycles. The number of benzene rings is 1. The number of allylic oxidation sites excluding steroid dienone is 1. The molecule has 2 aromatic rings. The molecule has 368 valence electrons. The first-order valence-electron chi connectivity index (χ1n) is 23.6. The average molecular weight is 946 g/mol. The minimum atomic E-state index is -1.15. The van der Waals surface area contributed by atoms with Gasteiger partial charge in [0.25, 0.3) is 5.91 Å². The molecule has 65 heavy (non-hydrogen) atoms. The first-order chi connectivity index (χ1) is 30.2. The maximum absolute atomic E-state index is 14.4. The number of fused-ring (bicyclic) bond motifs is 1. The summed E-state index contributed by atoms with van der Waals surface area (Å²) >= 11 is 1.40. The Morgan fingerprint density at radius 2 is 1.69 bits per heavy atom. The van der Waals surface area contributed by atoms with Crippen molar-refractivity contribution in [2.45, 2.75) is 187 Å². The second-order valence-corrected chi connectivity index (χ2v) is 26.9. The van der Waals surface area contributed by atoms with E-state index in [9.17, 15) is 24.3 Å². The molecule has 5 rings (SSSR count). The number of likely N-dealkylation sites (tertiary alicyclic amines) is 1. The summed E-state index contributed by atoms with van der Waals surface area (Å²) < 4.78 is 21.4. The van der Waals surface area contributed by atoms with Crippen LogP contribution in [0.1, 0.15) is 146 Å². The largest absolute Gasteiger partial charge is 0.508 e. The van der Waals surface area contributed by atoms with Crippen LogP contribution >= 0.6 is 22.0 Å². The van der Waals surface area contributed by atoms with E-state index in [1.165, 1.54) is 23.3 Å². The highest BCUT2D eigenvalue weighted by atomic mass is 32.3. The van der Waals surface area contributed by atoms with Gasteiger partial charge in [0.05, 0.1) is 18.2 Å². The highest BCUT2D eigenvalue weighted by molar-refractivity contribution is 8.33. The fourth-order valence-corrected chi connectivity index (χ4v) is 7.51. The van der Waals surface area contributed by atoms with Crippen molar-refractivity contribution >= 4 is 56.7 Å². The Kier molecular flexibility index (Phi) is 19.8. The summed E-state index contributed by atoms with van der Waals surface area (Å²) in [5.74, 6) is -0.627. The zero-order valence-electron chi connectivity index (χ0n) is 42.5. The number of phenols is 1. The lowest BCUT2D eigenvalue weighted by Crippen LogP contribution is -2.55. The van der Waals surface area contributed by atoms with Gasteiger partial charge in [-0.15, -0.1) is 0 Å². The lowest BCUT2D eigenvalue weighted by Gasteiger charge is -2.40. The first kappa shape index (κ1) is 55.5. The van der Waals surface area contributed by atoms with E-state index < -0.39 is 47.7 Å². The van der Waals surface area contributed by atoms with E-state index in [0.717, 1.165) is 38.5 Å². The van der Waals surface area contributed by atoms with Crippen molar-refractivity contribution in [3.63, 3.8) is 0 Å². The summed E-state index contributed by atoms with van der Waals surface area (Å²) in [6, 6.07) is 3.94. The quantitative estimate of drug-likeness (QED) is 0.0681. The van der Waals surface area contributed by atoms with Gasteiger partial charge in [-0.1, -0.05) is 73.0 Å². The van der Waals surface area contributed by atoms with Gasteiger partial charge in [0.2, 0.25) is 17.7 Å². The molecule has 0 spiro atoms. The number of carbonyl (C=O) groups is 4. The molecule has 3 aliphatic rings. The van der Waals surface area contributed by atoms with Crippen molar-refractivity contribution in [2.75, 3.05) is 31.9 Å². The fraction of sp³-hybridized carbons (Fsp3) is 0.700. The minimum absolute atomic E-state index is 0.00474. The third kappa shape index (κ3) is 16.5. The molecule has 0 bridgehead atoms. The van der Waals surface area contributed by atoms with Crippen molar-refractivity contribution in [3.8, 4) is 17.4 Å². The van der Waals surface area contributed by atoms with E-state index in [1.54, 1.807) is 45.9 Å². The third-order valence-corrected chi connectivity index (χ3v) is 16.9. The maximum Gasteiger partial charge on any atom is 0.408 e. The van der Waals surface area contributed by atoms with Crippen molar-refractivity contribution in [1.82, 2.24) is 25.2 Å². The number of alkyl carbamates (subject to hydrolysis) is 1. The summed E-state index contributed by atoms with van der Waals surface area (Å²) in [4.78, 5) is 60.6. The van der Waals surface area contributed by atoms with Gasteiger partial charge in [0, 0.05) is 34.1 Å². The van der Waals surface area contributed by atoms with Crippen LogP contribution in [0, 0.1) is 12.8 Å². The summed E-state index contributed by atoms with van der Waals surface area (Å²) in [6.07, 6.45) is 17.6. The van der Waals surface area contributed by atoms with Crippen LogP contribution in [-0.4, -0.2) is 110 Å². The fourth-order valence-electron chi connectivity index (χ4n) is 6.69. The number of carbonyl (C=O) groups excluding carboxylic acids is 4. The summed E-state index contributed by atoms with van der Waals surface area (Å²) in [6.45, 7) is 25.5. The Hall–Kier alpha value is -3.85. The van der Waals surface area contributed by atoms with Gasteiger partial charge in [0.15, 0.2) is 0 Å². The van der Waals surface area contributed by atoms with E-state index >= 15 is 0 Å². The maximum atomic E-state index is 14.4. The predicted molar refractivity (Wildman–Crippen MR) is 269 cm³/mol. The lowest BCUT2D eigenvalue weighted by atomic mass is 10.1. The molecule has 2 heterocycles. The molecule has 15 heteroatoms. The Bertz CT molecular complexity index is 1950. The molecule has 4 atom stereocenters. The van der Waals surface area contributed by atoms with Gasteiger partial charge in [-0.2, -0.15) is 0 Å². The monoisotopic (exact) mass is 946 g/mol. The third-order valence-electron chi connectivity index (χ3n) is 12.0. The average Bonchev–Trinajstić information content (AvgIpc) is 4.07. The van der Waals surface area contributed by atoms with Crippen LogP contribution in [0.5, 0.6) is 17.4 Å². The van der Waals surface area contributed by atoms with Crippen LogP contribution < -0.4 is 24.8 Å². The van der Waals surface area contributed by atoms with Gasteiger partial charge in [-0.25, -0.2) is 19.8 Å². The van der Waals surface area contributed by atoms with Crippen molar-refractivity contribution in [3.05, 3.63) is 35.9 Å². The number of nitrogens with one attached hydrogen (secondary N) is 3. The van der Waals surface area contributed by atoms with Gasteiger partial charge >= 0.3 is 6.09 Å². The molecule has 1 aliphatic heterocycles. The number of hydrogen-bond acceptors (Lipinski definition) is 10. The minimum Gasteiger partial charge on any atom is -0.508 e. The Morgan fingerprint density at radius 3 is 2.26 bits per heavy atom. The molecule has 0 radical (unpaired) electrons. The second-order valence-electron chi connectivity index (χ2n) is 20.6. The molecule has 3 fully saturated rings. The van der Waals surface area contributed by atoms with Gasteiger partial charge in [-0.3, -0.25) is 19.1 Å². The van der Waals surface area contributed by atoms with Crippen molar-refractivity contribution in [1.29, 1.82) is 0 Å². The van der Waals surface area contributed by atoms with Gasteiger partial charge in [-0.05, 0) is 128 Å². The van der Waals surface area contributed by atoms with Gasteiger partial charge < -0.3 is 34.9 Å². The number of amides is 4. The standard InChI is InChI=1S/C41H59N5O8S.C7H18S.C2H6/c1-9-10-11-12-13-14-15-27-22-41(27,37(50)45-55-40(8)18-19-40)44-36(49)30-20-28(24-46(30)34(48)23-42-38(51)54-39(5,6)7)53-32-21-33(52-25(2)3)43-35-26(4)31(47)17-16-29(32)35;1-7(2,3)8(4,5)6;1-2/h14-17,21,25,27-28,30,47H,9-13,18-20,22-24H2,1-8H3,(H,42,51)(H,44,49)(H,45,50);1-6H3;1-2H3/b15-14-;;/t27?,28-,30?,41-;;/m1../s1. The van der Waals surface area contributed by atoms with E-state index in [2.05, 4.69) is 79.8 Å². The van der Waals surface area contributed by atoms with Crippen LogP contribution in [-0.2, 0) is 19.1 Å². The molecule has 2 aliphatic carbocycles. The number of phenolic OH excluding ortho intramolecular Hbond substituents is 1. The van der Waals surface area contributed by atoms with Crippen LogP contribution in [0.25, 0.3) is 10.9 Å². The van der Waals surface area contributed by atoms with Crippen molar-refractivity contribution in [2.24, 2.45) is 5.92 Å². The number of unbranched alkanes of at least 4 members (excludes halogenated alkanes) is 4. The van der Waals surface area contributed by atoms with E-state index in [1.807, 2.05) is 33.8 Å². The molecule has 13 nitrogen and oxygen atoms in total. The van der Waals surface area contributed by atoms with Gasteiger partial charge in [0.1, 0.15) is 41.3 Å². The highest BCUT2D eigenvalue weighted by Crippen LogP contribution is 2.50. The number of rotatable bonds is 17. The number of aryl methyl sites for hydroxylation is 1. The van der Waals surface area contributed by atoms with Crippen LogP contribution in [0.2, 0.25) is 0 Å². The first-order valence-corrected chi connectivity index (χ1v) is 27.2. The molecule has 2 saturated carbocycles. The van der Waals surface area contributed by atoms with Crippen LogP contribution in [0.15, 0.2) is 30.4 Å². The number of nitrogens with zero attached hydrogens (tertiary/aromatic N) is 2. The molecule has 1 aromatic heterocycles. The molecule has 1 aromatic carbocycles. The second kappa shape index (κ2) is 23.2. The smallest absolute Gasteiger partial charge is 0.408 e. The lowest BCUT2D eigenvalue weighted by molar-refractivity contribution is -0.139. The Labute approximate surface area is 396 Å². The predicted octanol–water partition coefficient (Wildman–Crippen LogP) is 10.1. The number of ether oxygens (including phenoxy) is 3. The summed E-state index contributed by atoms with van der Waals surface area (Å²) in [7, 11) is -0.340. The normalized spacial score (nSPS) is 21.4. The molecule has 2 unspecified atom stereocenters. The molecule has 4 amide bonds. The Balaban J connectivity index is 0.00000101. The van der Waals surface area contributed by atoms with Crippen LogP contribution in [0.3, 0.4) is 0 Å². The molecular weight excluding hydrogens is 863 g/mol. The zero-order chi connectivity index (χ0) is 49.1. The number of hydrogen-bond donors (Lipinski definition) is 4. The Morgan fingerprint density at radius 1 is 1.05 bits per heavy atom. The number of aromatic hydroxyl groups is 1. The number of aromatic nitrogens is 1. The van der Waals surface area contributed by atoms with E-state index in [-0.39, 0.29) is 51.4 Å². The van der Waals surface area contributed by atoms with Crippen molar-refractivity contribution < 1.29 is 38.5 Å². The van der Waals surface area contributed by atoms with E-state index in [4.69, 9.17) is 14.2 Å². The zero-order valence-corrected chi connectivity index (χ0v) is 44.1. The summed E-state index contributed by atoms with van der Waals surface area (Å²) in [5.41, 5.74) is -0.866.